The van der Waals surface area contributed by atoms with Gasteiger partial charge in [-0.2, -0.15) is 0 Å². The molecule has 0 bridgehead atoms. The summed E-state index contributed by atoms with van der Waals surface area (Å²) < 4.78 is 0. The van der Waals surface area contributed by atoms with Gasteiger partial charge in [-0.3, -0.25) is 19.2 Å². The van der Waals surface area contributed by atoms with Crippen molar-refractivity contribution in [2.75, 3.05) is 4.90 Å². The molecule has 0 unspecified atom stereocenters. The summed E-state index contributed by atoms with van der Waals surface area (Å²) in [7, 11) is 0. The highest BCUT2D eigenvalue weighted by atomic mass is 35.5. The van der Waals surface area contributed by atoms with Gasteiger partial charge in [0.2, 0.25) is 11.8 Å². The molecule has 3 aromatic carbocycles. The number of Topliss-reactive ketones (excluding diaryl/α,β-unsaturated/α-hetero) is 2. The summed E-state index contributed by atoms with van der Waals surface area (Å²) in [5.41, 5.74) is 3.19. The van der Waals surface area contributed by atoms with Crippen molar-refractivity contribution in [2.45, 2.75) is 19.0 Å². The van der Waals surface area contributed by atoms with E-state index in [1.807, 2.05) is 41.4 Å². The van der Waals surface area contributed by atoms with Crippen molar-refractivity contribution >= 4 is 46.7 Å². The Kier molecular flexibility index (Phi) is 5.16. The summed E-state index contributed by atoms with van der Waals surface area (Å²) >= 11 is 6.03. The van der Waals surface area contributed by atoms with E-state index in [9.17, 15) is 19.2 Å². The molecule has 2 saturated heterocycles. The van der Waals surface area contributed by atoms with E-state index >= 15 is 0 Å². The minimum absolute atomic E-state index is 0.104. The highest BCUT2D eigenvalue weighted by Gasteiger charge is 2.64. The number of rotatable bonds is 4. The largest absolute Gasteiger partial charge is 0.358 e. The van der Waals surface area contributed by atoms with Gasteiger partial charge in [0.1, 0.15) is 6.04 Å². The zero-order chi connectivity index (χ0) is 25.1. The van der Waals surface area contributed by atoms with Gasteiger partial charge in [0, 0.05) is 22.3 Å². The van der Waals surface area contributed by atoms with Gasteiger partial charge in [0.15, 0.2) is 11.6 Å². The molecule has 3 aliphatic rings. The fourth-order valence-corrected chi connectivity index (χ4v) is 5.87. The van der Waals surface area contributed by atoms with E-state index in [0.717, 1.165) is 11.1 Å². The summed E-state index contributed by atoms with van der Waals surface area (Å²) in [6.07, 6.45) is 3.75. The van der Waals surface area contributed by atoms with E-state index in [2.05, 4.69) is 0 Å². The molecule has 3 aliphatic heterocycles. The molecule has 3 heterocycles. The number of benzene rings is 3. The van der Waals surface area contributed by atoms with Crippen LogP contribution in [0.1, 0.15) is 44.8 Å². The van der Waals surface area contributed by atoms with Crippen molar-refractivity contribution in [1.29, 1.82) is 0 Å². The Morgan fingerprint density at radius 3 is 2.14 bits per heavy atom. The Balaban J connectivity index is 1.47. The molecule has 0 radical (unpaired) electrons. The van der Waals surface area contributed by atoms with Crippen molar-refractivity contribution in [1.82, 2.24) is 4.90 Å². The van der Waals surface area contributed by atoms with Gasteiger partial charge in [-0.15, -0.1) is 0 Å². The smallest absolute Gasteiger partial charge is 0.240 e. The second-order valence-corrected chi connectivity index (χ2v) is 9.76. The number of nitrogens with zero attached hydrogens (tertiary/aromatic N) is 2. The maximum absolute atomic E-state index is 13.9. The lowest BCUT2D eigenvalue weighted by Gasteiger charge is -2.35. The van der Waals surface area contributed by atoms with Crippen LogP contribution in [0.2, 0.25) is 5.02 Å². The highest BCUT2D eigenvalue weighted by Crippen LogP contribution is 2.53. The number of hydrogen-bond donors (Lipinski definition) is 0. The lowest BCUT2D eigenvalue weighted by Crippen LogP contribution is -2.44. The zero-order valence-corrected chi connectivity index (χ0v) is 20.1. The number of imide groups is 1. The molecule has 7 heteroatoms. The number of hydrogen-bond acceptors (Lipinski definition) is 5. The van der Waals surface area contributed by atoms with E-state index in [4.69, 9.17) is 11.6 Å². The molecule has 6 rings (SSSR count). The SMILES string of the molecule is CC(=O)c1ccc(N2C(=O)[C@@H]3[C@@H](C2=O)[C@@H]2c4ccccc4C=CN2[C@@H]3C(=O)c2ccc(Cl)cc2)cc1. The number of ketones is 2. The van der Waals surface area contributed by atoms with E-state index in [-0.39, 0.29) is 17.5 Å². The average molecular weight is 497 g/mol. The molecule has 0 N–H and O–H groups in total. The number of fused-ring (bicyclic) bond motifs is 5. The molecule has 36 heavy (non-hydrogen) atoms. The summed E-state index contributed by atoms with van der Waals surface area (Å²) in [6.45, 7) is 1.46. The van der Waals surface area contributed by atoms with Crippen molar-refractivity contribution in [2.24, 2.45) is 11.8 Å². The van der Waals surface area contributed by atoms with Crippen LogP contribution in [0.15, 0.2) is 79.0 Å². The Morgan fingerprint density at radius 2 is 1.44 bits per heavy atom. The number of halogens is 1. The number of carbonyl (C=O) groups excluding carboxylic acids is 4. The van der Waals surface area contributed by atoms with Crippen LogP contribution >= 0.6 is 11.6 Å². The highest BCUT2D eigenvalue weighted by molar-refractivity contribution is 6.30. The van der Waals surface area contributed by atoms with Crippen LogP contribution in [0.3, 0.4) is 0 Å². The normalized spacial score (nSPS) is 23.9. The van der Waals surface area contributed by atoms with Gasteiger partial charge in [-0.25, -0.2) is 4.90 Å². The third kappa shape index (κ3) is 3.25. The molecular weight excluding hydrogens is 476 g/mol. The third-order valence-electron chi connectivity index (χ3n) is 7.39. The Bertz CT molecular complexity index is 1460. The van der Waals surface area contributed by atoms with Gasteiger partial charge in [-0.1, -0.05) is 35.9 Å². The minimum Gasteiger partial charge on any atom is -0.358 e. The second-order valence-electron chi connectivity index (χ2n) is 9.32. The first-order valence-electron chi connectivity index (χ1n) is 11.7. The molecule has 0 spiro atoms. The molecule has 2 fully saturated rings. The second kappa shape index (κ2) is 8.28. The Labute approximate surface area is 212 Å². The first-order chi connectivity index (χ1) is 17.4. The quantitative estimate of drug-likeness (QED) is 0.378. The molecule has 4 atom stereocenters. The number of anilines is 1. The van der Waals surface area contributed by atoms with Crippen molar-refractivity contribution in [3.63, 3.8) is 0 Å². The summed E-state index contributed by atoms with van der Waals surface area (Å²) in [4.78, 5) is 56.4. The molecule has 178 valence electrons. The summed E-state index contributed by atoms with van der Waals surface area (Å²) in [6, 6.07) is 19.5. The van der Waals surface area contributed by atoms with Crippen molar-refractivity contribution in [3.8, 4) is 0 Å². The van der Waals surface area contributed by atoms with Crippen LogP contribution in [0, 0.1) is 11.8 Å². The molecule has 0 aromatic heterocycles. The van der Waals surface area contributed by atoms with Crippen molar-refractivity contribution < 1.29 is 19.2 Å². The fraction of sp³-hybridized carbons (Fsp3) is 0.172. The van der Waals surface area contributed by atoms with Crippen LogP contribution in [-0.4, -0.2) is 34.3 Å². The molecule has 2 amide bonds. The lowest BCUT2D eigenvalue weighted by molar-refractivity contribution is -0.123. The van der Waals surface area contributed by atoms with Crippen LogP contribution < -0.4 is 4.90 Å². The number of carbonyl (C=O) groups is 4. The van der Waals surface area contributed by atoms with Crippen molar-refractivity contribution in [3.05, 3.63) is 106 Å². The topological polar surface area (TPSA) is 74.8 Å². The van der Waals surface area contributed by atoms with Gasteiger partial charge >= 0.3 is 0 Å². The van der Waals surface area contributed by atoms with Crippen LogP contribution in [-0.2, 0) is 9.59 Å². The standard InChI is InChI=1S/C29H21ClN2O4/c1-16(33)17-8-12-21(13-9-17)32-28(35)23-24(29(32)36)26(27(34)19-6-10-20(30)11-7-19)31-15-14-18-4-2-3-5-22(18)25(23)31/h2-15,23-26H,1H3/t23-,24-,25+,26+/m1/s1. The van der Waals surface area contributed by atoms with E-state index < -0.39 is 29.8 Å². The first-order valence-corrected chi connectivity index (χ1v) is 12.1. The maximum atomic E-state index is 13.9. The maximum Gasteiger partial charge on any atom is 0.240 e. The van der Waals surface area contributed by atoms with Gasteiger partial charge in [0.05, 0.1) is 23.6 Å². The first kappa shape index (κ1) is 22.4. The fourth-order valence-electron chi connectivity index (χ4n) is 5.74. The molecule has 6 nitrogen and oxygen atoms in total. The third-order valence-corrected chi connectivity index (χ3v) is 7.64. The van der Waals surface area contributed by atoms with Crippen LogP contribution in [0.4, 0.5) is 5.69 Å². The Hall–Kier alpha value is -4.03. The monoisotopic (exact) mass is 496 g/mol. The summed E-state index contributed by atoms with van der Waals surface area (Å²) in [5, 5.41) is 0.507. The predicted octanol–water partition coefficient (Wildman–Crippen LogP) is 4.94. The van der Waals surface area contributed by atoms with E-state index in [0.29, 0.717) is 21.8 Å². The van der Waals surface area contributed by atoms with Gasteiger partial charge in [0.25, 0.3) is 0 Å². The number of amides is 2. The van der Waals surface area contributed by atoms with Crippen LogP contribution in [0.5, 0.6) is 0 Å². The Morgan fingerprint density at radius 1 is 0.806 bits per heavy atom. The minimum atomic E-state index is -0.853. The zero-order valence-electron chi connectivity index (χ0n) is 19.3. The molecule has 0 saturated carbocycles. The molecule has 0 aliphatic carbocycles. The molecule has 3 aromatic rings. The summed E-state index contributed by atoms with van der Waals surface area (Å²) in [5.74, 6) is -2.66. The predicted molar refractivity (Wildman–Crippen MR) is 136 cm³/mol. The average Bonchev–Trinajstić information content (AvgIpc) is 3.36. The molecular formula is C29H21ClN2O4. The van der Waals surface area contributed by atoms with Gasteiger partial charge < -0.3 is 4.90 Å². The van der Waals surface area contributed by atoms with E-state index in [1.165, 1.54) is 11.8 Å². The van der Waals surface area contributed by atoms with Gasteiger partial charge in [-0.05, 0) is 72.7 Å². The van der Waals surface area contributed by atoms with Crippen LogP contribution in [0.25, 0.3) is 6.08 Å². The lowest BCUT2D eigenvalue weighted by atomic mass is 9.83. The van der Waals surface area contributed by atoms with E-state index in [1.54, 1.807) is 48.5 Å².